The second kappa shape index (κ2) is 8.57. The van der Waals surface area contributed by atoms with Gasteiger partial charge in [0.25, 0.3) is 0 Å². The number of rotatable bonds is 4. The number of aromatic nitrogens is 2. The minimum absolute atomic E-state index is 0.268. The Kier molecular flexibility index (Phi) is 5.68. The van der Waals surface area contributed by atoms with E-state index in [-0.39, 0.29) is 11.8 Å². The van der Waals surface area contributed by atoms with Crippen LogP contribution in [0, 0.1) is 11.8 Å². The first-order valence-electron chi connectivity index (χ1n) is 10.5. The van der Waals surface area contributed by atoms with Gasteiger partial charge in [0.1, 0.15) is 0 Å². The van der Waals surface area contributed by atoms with Crippen LogP contribution in [-0.4, -0.2) is 16.4 Å². The standard InChI is InChI=1S/C27H25N3O/c1-17(2)23-13-19(14-24(18(3)4)27(23)30-16-31)7-8-20-12-22-10-9-21-6-5-11-28-25(21)26(22)29-15-20/h5-6,9-18H,1-4H3,(H,30,31). The molecule has 154 valence electrons. The number of carbonyl (C=O) groups is 1. The molecule has 0 unspecified atom stereocenters. The second-order valence-electron chi connectivity index (χ2n) is 8.29. The predicted molar refractivity (Wildman–Crippen MR) is 127 cm³/mol. The van der Waals surface area contributed by atoms with E-state index in [1.54, 1.807) is 12.4 Å². The highest BCUT2D eigenvalue weighted by Crippen LogP contribution is 2.33. The van der Waals surface area contributed by atoms with Crippen molar-refractivity contribution < 1.29 is 4.79 Å². The zero-order valence-corrected chi connectivity index (χ0v) is 18.2. The Labute approximate surface area is 182 Å². The van der Waals surface area contributed by atoms with Crippen molar-refractivity contribution in [1.29, 1.82) is 0 Å². The Bertz CT molecular complexity index is 1310. The zero-order chi connectivity index (χ0) is 22.0. The lowest BCUT2D eigenvalue weighted by molar-refractivity contribution is -0.105. The summed E-state index contributed by atoms with van der Waals surface area (Å²) in [6, 6.07) is 14.3. The molecule has 0 bridgehead atoms. The number of carbonyl (C=O) groups excluding carboxylic acids is 1. The van der Waals surface area contributed by atoms with Gasteiger partial charge in [-0.3, -0.25) is 14.8 Å². The van der Waals surface area contributed by atoms with E-state index in [9.17, 15) is 4.79 Å². The summed E-state index contributed by atoms with van der Waals surface area (Å²) < 4.78 is 0. The molecule has 1 amide bonds. The third-order valence-electron chi connectivity index (χ3n) is 5.42. The summed E-state index contributed by atoms with van der Waals surface area (Å²) in [6.07, 6.45) is 4.34. The highest BCUT2D eigenvalue weighted by molar-refractivity contribution is 6.02. The molecule has 0 fully saturated rings. The second-order valence-corrected chi connectivity index (χ2v) is 8.29. The Morgan fingerprint density at radius 1 is 0.839 bits per heavy atom. The molecule has 0 aliphatic heterocycles. The van der Waals surface area contributed by atoms with E-state index in [1.165, 1.54) is 0 Å². The number of pyridine rings is 2. The van der Waals surface area contributed by atoms with Crippen LogP contribution in [0.25, 0.3) is 21.8 Å². The van der Waals surface area contributed by atoms with Gasteiger partial charge >= 0.3 is 0 Å². The Morgan fingerprint density at radius 2 is 1.48 bits per heavy atom. The molecule has 2 aromatic heterocycles. The van der Waals surface area contributed by atoms with Gasteiger partial charge in [-0.15, -0.1) is 0 Å². The van der Waals surface area contributed by atoms with Gasteiger partial charge < -0.3 is 5.32 Å². The number of fused-ring (bicyclic) bond motifs is 3. The van der Waals surface area contributed by atoms with Gasteiger partial charge in [0, 0.05) is 40.0 Å². The van der Waals surface area contributed by atoms with E-state index in [1.807, 2.05) is 12.1 Å². The molecule has 0 spiro atoms. The molecule has 4 aromatic rings. The molecule has 0 aliphatic carbocycles. The number of benzene rings is 2. The van der Waals surface area contributed by atoms with Crippen LogP contribution in [-0.2, 0) is 4.79 Å². The van der Waals surface area contributed by atoms with E-state index < -0.39 is 0 Å². The number of hydrogen-bond acceptors (Lipinski definition) is 3. The molecule has 0 saturated carbocycles. The van der Waals surface area contributed by atoms with Crippen LogP contribution in [0.2, 0.25) is 0 Å². The lowest BCUT2D eigenvalue weighted by Gasteiger charge is -2.19. The van der Waals surface area contributed by atoms with Crippen molar-refractivity contribution in [2.45, 2.75) is 39.5 Å². The molecule has 2 heterocycles. The fourth-order valence-electron chi connectivity index (χ4n) is 3.85. The third-order valence-corrected chi connectivity index (χ3v) is 5.42. The summed E-state index contributed by atoms with van der Waals surface area (Å²) in [7, 11) is 0. The average Bonchev–Trinajstić information content (AvgIpc) is 2.77. The molecule has 4 nitrogen and oxygen atoms in total. The molecule has 1 N–H and O–H groups in total. The summed E-state index contributed by atoms with van der Waals surface area (Å²) in [5.41, 5.74) is 6.67. The van der Waals surface area contributed by atoms with E-state index in [0.717, 1.165) is 56.2 Å². The van der Waals surface area contributed by atoms with Crippen LogP contribution < -0.4 is 5.32 Å². The number of hydrogen-bond donors (Lipinski definition) is 1. The predicted octanol–water partition coefficient (Wildman–Crippen LogP) is 6.00. The van der Waals surface area contributed by atoms with Crippen molar-refractivity contribution in [3.8, 4) is 11.8 Å². The van der Waals surface area contributed by atoms with Crippen LogP contribution in [0.5, 0.6) is 0 Å². The topological polar surface area (TPSA) is 54.9 Å². The number of anilines is 1. The van der Waals surface area contributed by atoms with Crippen molar-refractivity contribution >= 4 is 33.9 Å². The number of amides is 1. The van der Waals surface area contributed by atoms with Gasteiger partial charge in [-0.1, -0.05) is 57.7 Å². The van der Waals surface area contributed by atoms with Crippen molar-refractivity contribution in [3.63, 3.8) is 0 Å². The van der Waals surface area contributed by atoms with Crippen molar-refractivity contribution in [1.82, 2.24) is 9.97 Å². The Hall–Kier alpha value is -3.71. The van der Waals surface area contributed by atoms with Gasteiger partial charge in [0.15, 0.2) is 0 Å². The van der Waals surface area contributed by atoms with Crippen molar-refractivity contribution in [3.05, 3.63) is 77.1 Å². The first-order valence-corrected chi connectivity index (χ1v) is 10.5. The van der Waals surface area contributed by atoms with E-state index in [4.69, 9.17) is 0 Å². The fraction of sp³-hybridized carbons (Fsp3) is 0.222. The van der Waals surface area contributed by atoms with Crippen LogP contribution in [0.4, 0.5) is 5.69 Å². The largest absolute Gasteiger partial charge is 0.328 e. The van der Waals surface area contributed by atoms with Crippen LogP contribution in [0.1, 0.15) is 61.8 Å². The lowest BCUT2D eigenvalue weighted by Crippen LogP contribution is -2.06. The first kappa shape index (κ1) is 20.6. The molecule has 0 saturated heterocycles. The van der Waals surface area contributed by atoms with Gasteiger partial charge in [-0.2, -0.15) is 0 Å². The summed E-state index contributed by atoms with van der Waals surface area (Å²) in [6.45, 7) is 8.49. The Morgan fingerprint density at radius 3 is 2.16 bits per heavy atom. The first-order chi connectivity index (χ1) is 15.0. The van der Waals surface area contributed by atoms with E-state index in [2.05, 4.69) is 85.2 Å². The molecule has 31 heavy (non-hydrogen) atoms. The van der Waals surface area contributed by atoms with Gasteiger partial charge in [-0.25, -0.2) is 0 Å². The maximum Gasteiger partial charge on any atom is 0.211 e. The molecule has 0 aliphatic rings. The minimum Gasteiger partial charge on any atom is -0.328 e. The number of nitrogens with zero attached hydrogens (tertiary/aromatic N) is 2. The average molecular weight is 408 g/mol. The third kappa shape index (κ3) is 4.13. The summed E-state index contributed by atoms with van der Waals surface area (Å²) in [4.78, 5) is 20.3. The summed E-state index contributed by atoms with van der Waals surface area (Å²) >= 11 is 0. The maximum atomic E-state index is 11.2. The summed E-state index contributed by atoms with van der Waals surface area (Å²) in [5, 5.41) is 5.00. The minimum atomic E-state index is 0.268. The van der Waals surface area contributed by atoms with Crippen LogP contribution >= 0.6 is 0 Å². The highest BCUT2D eigenvalue weighted by Gasteiger charge is 2.15. The van der Waals surface area contributed by atoms with Crippen molar-refractivity contribution in [2.24, 2.45) is 0 Å². The van der Waals surface area contributed by atoms with Gasteiger partial charge in [-0.05, 0) is 47.2 Å². The van der Waals surface area contributed by atoms with Gasteiger partial charge in [0.05, 0.1) is 11.0 Å². The van der Waals surface area contributed by atoms with Gasteiger partial charge in [0.2, 0.25) is 6.41 Å². The SMILES string of the molecule is CC(C)c1cc(C#Cc2cnc3c(ccc4cccnc43)c2)cc(C(C)C)c1NC=O. The molecular weight excluding hydrogens is 382 g/mol. The normalized spacial score (nSPS) is 11.0. The summed E-state index contributed by atoms with van der Waals surface area (Å²) in [5.74, 6) is 7.10. The fourth-order valence-corrected chi connectivity index (χ4v) is 3.85. The van der Waals surface area contributed by atoms with E-state index in [0.29, 0.717) is 0 Å². The Balaban J connectivity index is 1.78. The highest BCUT2D eigenvalue weighted by atomic mass is 16.1. The quantitative estimate of drug-likeness (QED) is 0.256. The smallest absolute Gasteiger partial charge is 0.211 e. The zero-order valence-electron chi connectivity index (χ0n) is 18.2. The maximum absolute atomic E-state index is 11.2. The molecule has 4 heteroatoms. The molecule has 0 radical (unpaired) electrons. The molecule has 4 rings (SSSR count). The molecule has 2 aromatic carbocycles. The molecule has 0 atom stereocenters. The van der Waals surface area contributed by atoms with Crippen LogP contribution in [0.3, 0.4) is 0 Å². The van der Waals surface area contributed by atoms with Crippen LogP contribution in [0.15, 0.2) is 54.9 Å². The van der Waals surface area contributed by atoms with E-state index >= 15 is 0 Å². The number of nitrogens with one attached hydrogen (secondary N) is 1. The van der Waals surface area contributed by atoms with Crippen molar-refractivity contribution in [2.75, 3.05) is 5.32 Å². The molecular formula is C27H25N3O. The lowest BCUT2D eigenvalue weighted by atomic mass is 9.90. The monoisotopic (exact) mass is 407 g/mol.